The zero-order chi connectivity index (χ0) is 15.6. The predicted molar refractivity (Wildman–Crippen MR) is 78.8 cm³/mol. The number of ether oxygens (including phenoxy) is 1. The summed E-state index contributed by atoms with van der Waals surface area (Å²) in [5.41, 5.74) is -1.19. The van der Waals surface area contributed by atoms with Gasteiger partial charge in [-0.05, 0) is 26.7 Å². The number of carboxylic acids is 1. The summed E-state index contributed by atoms with van der Waals surface area (Å²) in [5.74, 6) is -0.970. The van der Waals surface area contributed by atoms with Gasteiger partial charge in [0.15, 0.2) is 0 Å². The fraction of sp³-hybridized carbons (Fsp3) is 0.867. The number of hydrogen-bond acceptors (Lipinski definition) is 3. The summed E-state index contributed by atoms with van der Waals surface area (Å²) in [6, 6.07) is 0. The van der Waals surface area contributed by atoms with Gasteiger partial charge in [0.05, 0.1) is 6.61 Å². The molecule has 1 amide bonds. The number of carboxylic acid groups (broad SMARTS) is 1. The maximum absolute atomic E-state index is 12.1. The standard InChI is InChI=1S/C15H29NO4/c1-5-8-9-10-12-16(14(19)20-7-3)15(4,11-6-2)13(17)18/h5-12H2,1-4H3,(H,17,18). The molecular formula is C15H29NO4. The van der Waals surface area contributed by atoms with Crippen LogP contribution in [0.25, 0.3) is 0 Å². The van der Waals surface area contributed by atoms with Crippen LogP contribution >= 0.6 is 0 Å². The van der Waals surface area contributed by atoms with E-state index in [4.69, 9.17) is 4.74 Å². The molecule has 0 aliphatic carbocycles. The molecular weight excluding hydrogens is 258 g/mol. The van der Waals surface area contributed by atoms with Gasteiger partial charge in [-0.15, -0.1) is 0 Å². The zero-order valence-electron chi connectivity index (χ0n) is 13.3. The van der Waals surface area contributed by atoms with Gasteiger partial charge < -0.3 is 9.84 Å². The molecule has 0 saturated carbocycles. The van der Waals surface area contributed by atoms with Gasteiger partial charge in [0.2, 0.25) is 0 Å². The number of unbranched alkanes of at least 4 members (excludes halogenated alkanes) is 3. The number of carbonyl (C=O) groups is 2. The Kier molecular flexibility index (Phi) is 9.01. The van der Waals surface area contributed by atoms with Crippen LogP contribution in [0.4, 0.5) is 4.79 Å². The maximum atomic E-state index is 12.1. The largest absolute Gasteiger partial charge is 0.480 e. The quantitative estimate of drug-likeness (QED) is 0.622. The lowest BCUT2D eigenvalue weighted by atomic mass is 9.93. The first-order valence-corrected chi connectivity index (χ1v) is 7.61. The van der Waals surface area contributed by atoms with E-state index in [0.29, 0.717) is 19.4 Å². The van der Waals surface area contributed by atoms with E-state index < -0.39 is 17.6 Å². The zero-order valence-corrected chi connectivity index (χ0v) is 13.3. The van der Waals surface area contributed by atoms with E-state index in [0.717, 1.165) is 25.7 Å². The highest BCUT2D eigenvalue weighted by Gasteiger charge is 2.42. The normalized spacial score (nSPS) is 13.6. The summed E-state index contributed by atoms with van der Waals surface area (Å²) in [4.78, 5) is 25.1. The van der Waals surface area contributed by atoms with Crippen molar-refractivity contribution in [2.45, 2.75) is 71.8 Å². The van der Waals surface area contributed by atoms with Gasteiger partial charge in [-0.1, -0.05) is 39.5 Å². The first-order chi connectivity index (χ1) is 9.43. The van der Waals surface area contributed by atoms with Gasteiger partial charge in [-0.2, -0.15) is 0 Å². The molecule has 0 aliphatic heterocycles. The van der Waals surface area contributed by atoms with Crippen LogP contribution in [0.15, 0.2) is 0 Å². The van der Waals surface area contributed by atoms with Crippen molar-refractivity contribution in [2.75, 3.05) is 13.2 Å². The Morgan fingerprint density at radius 1 is 1.10 bits per heavy atom. The Balaban J connectivity index is 4.95. The van der Waals surface area contributed by atoms with E-state index >= 15 is 0 Å². The number of rotatable bonds is 10. The van der Waals surface area contributed by atoms with Gasteiger partial charge in [0, 0.05) is 6.54 Å². The van der Waals surface area contributed by atoms with Crippen LogP contribution in [0.2, 0.25) is 0 Å². The second-order valence-corrected chi connectivity index (χ2v) is 5.24. The molecule has 20 heavy (non-hydrogen) atoms. The Hall–Kier alpha value is -1.26. The van der Waals surface area contributed by atoms with Crippen LogP contribution < -0.4 is 0 Å². The molecule has 0 heterocycles. The highest BCUT2D eigenvalue weighted by Crippen LogP contribution is 2.24. The van der Waals surface area contributed by atoms with Crippen molar-refractivity contribution in [3.8, 4) is 0 Å². The molecule has 0 aromatic heterocycles. The maximum Gasteiger partial charge on any atom is 0.410 e. The summed E-state index contributed by atoms with van der Waals surface area (Å²) in [7, 11) is 0. The molecule has 1 atom stereocenters. The van der Waals surface area contributed by atoms with Crippen LogP contribution in [0.1, 0.15) is 66.2 Å². The molecule has 0 saturated heterocycles. The number of nitrogens with zero attached hydrogens (tertiary/aromatic N) is 1. The molecule has 0 aromatic rings. The van der Waals surface area contributed by atoms with Crippen LogP contribution in [-0.2, 0) is 9.53 Å². The average Bonchev–Trinajstić information content (AvgIpc) is 2.38. The minimum absolute atomic E-state index is 0.256. The molecule has 0 aromatic carbocycles. The molecule has 0 bridgehead atoms. The van der Waals surface area contributed by atoms with Crippen molar-refractivity contribution in [3.05, 3.63) is 0 Å². The topological polar surface area (TPSA) is 66.8 Å². The number of aliphatic carboxylic acids is 1. The third-order valence-corrected chi connectivity index (χ3v) is 3.52. The van der Waals surface area contributed by atoms with Gasteiger partial charge in [0.25, 0.3) is 0 Å². The second-order valence-electron chi connectivity index (χ2n) is 5.24. The summed E-state index contributed by atoms with van der Waals surface area (Å²) in [6.45, 7) is 8.05. The molecule has 0 rings (SSSR count). The van der Waals surface area contributed by atoms with E-state index in [2.05, 4.69) is 6.92 Å². The SMILES string of the molecule is CCCCCCN(C(=O)OCC)C(C)(CCC)C(=O)O. The molecule has 1 unspecified atom stereocenters. The fourth-order valence-corrected chi connectivity index (χ4v) is 2.28. The van der Waals surface area contributed by atoms with Crippen LogP contribution in [0, 0.1) is 0 Å². The third kappa shape index (κ3) is 5.39. The Morgan fingerprint density at radius 2 is 1.75 bits per heavy atom. The highest BCUT2D eigenvalue weighted by atomic mass is 16.6. The van der Waals surface area contributed by atoms with Gasteiger partial charge in [-0.25, -0.2) is 9.59 Å². The minimum Gasteiger partial charge on any atom is -0.480 e. The van der Waals surface area contributed by atoms with E-state index in [9.17, 15) is 14.7 Å². The molecule has 5 nitrogen and oxygen atoms in total. The summed E-state index contributed by atoms with van der Waals surface area (Å²) in [5, 5.41) is 9.50. The number of hydrogen-bond donors (Lipinski definition) is 1. The minimum atomic E-state index is -1.19. The van der Waals surface area contributed by atoms with Crippen molar-refractivity contribution in [3.63, 3.8) is 0 Å². The smallest absolute Gasteiger partial charge is 0.410 e. The van der Waals surface area contributed by atoms with E-state index in [1.165, 1.54) is 4.90 Å². The lowest BCUT2D eigenvalue weighted by Gasteiger charge is -2.37. The van der Waals surface area contributed by atoms with Gasteiger partial charge in [-0.3, -0.25) is 4.90 Å². The van der Waals surface area contributed by atoms with Crippen molar-refractivity contribution in [1.29, 1.82) is 0 Å². The summed E-state index contributed by atoms with van der Waals surface area (Å²) < 4.78 is 5.03. The molecule has 0 radical (unpaired) electrons. The number of amides is 1. The molecule has 118 valence electrons. The molecule has 1 N–H and O–H groups in total. The summed E-state index contributed by atoms with van der Waals surface area (Å²) in [6.07, 6.45) is 4.59. The Bertz CT molecular complexity index is 306. The monoisotopic (exact) mass is 287 g/mol. The lowest BCUT2D eigenvalue weighted by molar-refractivity contribution is -0.150. The third-order valence-electron chi connectivity index (χ3n) is 3.52. The highest BCUT2D eigenvalue weighted by molar-refractivity contribution is 5.84. The predicted octanol–water partition coefficient (Wildman–Crippen LogP) is 3.67. The number of carbonyl (C=O) groups excluding carboxylic acids is 1. The van der Waals surface area contributed by atoms with Crippen molar-refractivity contribution in [2.24, 2.45) is 0 Å². The van der Waals surface area contributed by atoms with Crippen LogP contribution in [0.3, 0.4) is 0 Å². The van der Waals surface area contributed by atoms with Crippen molar-refractivity contribution >= 4 is 12.1 Å². The Morgan fingerprint density at radius 3 is 2.20 bits per heavy atom. The molecule has 0 aliphatic rings. The molecule has 0 fully saturated rings. The first kappa shape index (κ1) is 18.7. The average molecular weight is 287 g/mol. The Labute approximate surface area is 122 Å². The first-order valence-electron chi connectivity index (χ1n) is 7.61. The lowest BCUT2D eigenvalue weighted by Crippen LogP contribution is -2.55. The van der Waals surface area contributed by atoms with Crippen LogP contribution in [-0.4, -0.2) is 40.8 Å². The molecule has 0 spiro atoms. The fourth-order valence-electron chi connectivity index (χ4n) is 2.28. The van der Waals surface area contributed by atoms with Gasteiger partial charge in [0.1, 0.15) is 5.54 Å². The van der Waals surface area contributed by atoms with Gasteiger partial charge >= 0.3 is 12.1 Å². The van der Waals surface area contributed by atoms with E-state index in [-0.39, 0.29) is 6.61 Å². The molecule has 5 heteroatoms. The second kappa shape index (κ2) is 9.61. The van der Waals surface area contributed by atoms with E-state index in [1.54, 1.807) is 13.8 Å². The van der Waals surface area contributed by atoms with E-state index in [1.807, 2.05) is 6.92 Å². The van der Waals surface area contributed by atoms with Crippen molar-refractivity contribution in [1.82, 2.24) is 4.90 Å². The summed E-state index contributed by atoms with van der Waals surface area (Å²) >= 11 is 0. The van der Waals surface area contributed by atoms with Crippen molar-refractivity contribution < 1.29 is 19.4 Å². The van der Waals surface area contributed by atoms with Crippen LogP contribution in [0.5, 0.6) is 0 Å².